The van der Waals surface area contributed by atoms with Crippen molar-refractivity contribution < 1.29 is 0 Å². The fraction of sp³-hybridized carbons (Fsp3) is 0.833. The Morgan fingerprint density at radius 1 is 1.50 bits per heavy atom. The maximum Gasteiger partial charge on any atom is -0.00881 e. The predicted octanol–water partition coefficient (Wildman–Crippen LogP) is 3.78. The van der Waals surface area contributed by atoms with Crippen LogP contribution in [0.4, 0.5) is 0 Å². The third-order valence-electron chi connectivity index (χ3n) is 4.91. The first-order valence-electron chi connectivity index (χ1n) is 5.23. The van der Waals surface area contributed by atoms with Crippen LogP contribution < -0.4 is 0 Å². The molecule has 0 spiro atoms. The first kappa shape index (κ1) is 8.34. The molecule has 0 heterocycles. The average Bonchev–Trinajstić information content (AvgIpc) is 2.53. The maximum atomic E-state index is 4.28. The van der Waals surface area contributed by atoms with Gasteiger partial charge in [-0.2, -0.15) is 0 Å². The van der Waals surface area contributed by atoms with E-state index in [1.807, 2.05) is 0 Å². The zero-order chi connectivity index (χ0) is 8.98. The van der Waals surface area contributed by atoms with Crippen molar-refractivity contribution in [3.63, 3.8) is 0 Å². The summed E-state index contributed by atoms with van der Waals surface area (Å²) in [7, 11) is 0. The molecule has 0 aromatic heterocycles. The molecule has 0 aliphatic heterocycles. The molecule has 2 aliphatic carbocycles. The van der Waals surface area contributed by atoms with Crippen molar-refractivity contribution in [1.82, 2.24) is 0 Å². The van der Waals surface area contributed by atoms with E-state index < -0.39 is 0 Å². The maximum absolute atomic E-state index is 4.28. The van der Waals surface area contributed by atoms with Crippen molar-refractivity contribution >= 4 is 0 Å². The molecule has 0 nitrogen and oxygen atoms in total. The zero-order valence-corrected chi connectivity index (χ0v) is 8.61. The molecule has 2 bridgehead atoms. The quantitative estimate of drug-likeness (QED) is 0.517. The Bertz CT molecular complexity index is 224. The molecule has 0 N–H and O–H groups in total. The fourth-order valence-electron chi connectivity index (χ4n) is 3.61. The zero-order valence-electron chi connectivity index (χ0n) is 8.61. The van der Waals surface area contributed by atoms with E-state index in [2.05, 4.69) is 27.4 Å². The Morgan fingerprint density at radius 3 is 2.50 bits per heavy atom. The van der Waals surface area contributed by atoms with Crippen LogP contribution in [0.15, 0.2) is 12.2 Å². The lowest BCUT2D eigenvalue weighted by Gasteiger charge is -2.42. The SMILES string of the molecule is C=C1C2CCC(CC)(C2)C1(C)C. The van der Waals surface area contributed by atoms with Gasteiger partial charge in [0.15, 0.2) is 0 Å². The van der Waals surface area contributed by atoms with Gasteiger partial charge in [0.1, 0.15) is 0 Å². The lowest BCUT2D eigenvalue weighted by molar-refractivity contribution is 0.126. The summed E-state index contributed by atoms with van der Waals surface area (Å²) in [6.45, 7) is 11.4. The highest BCUT2D eigenvalue weighted by Gasteiger charge is 2.57. The summed E-state index contributed by atoms with van der Waals surface area (Å²) in [4.78, 5) is 0. The minimum atomic E-state index is 0.421. The molecule has 0 aromatic carbocycles. The fourth-order valence-corrected chi connectivity index (χ4v) is 3.61. The van der Waals surface area contributed by atoms with Crippen molar-refractivity contribution in [2.75, 3.05) is 0 Å². The second kappa shape index (κ2) is 2.16. The Kier molecular flexibility index (Phi) is 1.50. The summed E-state index contributed by atoms with van der Waals surface area (Å²) in [5.74, 6) is 0.861. The molecule has 12 heavy (non-hydrogen) atoms. The van der Waals surface area contributed by atoms with Gasteiger partial charge in [0, 0.05) is 0 Å². The number of rotatable bonds is 1. The molecular formula is C12H20. The normalized spacial score (nSPS) is 43.9. The summed E-state index contributed by atoms with van der Waals surface area (Å²) in [5, 5.41) is 0. The Hall–Kier alpha value is -0.260. The van der Waals surface area contributed by atoms with E-state index in [0.717, 1.165) is 5.92 Å². The van der Waals surface area contributed by atoms with Crippen molar-refractivity contribution in [2.45, 2.75) is 46.5 Å². The number of allylic oxidation sites excluding steroid dienone is 1. The van der Waals surface area contributed by atoms with E-state index >= 15 is 0 Å². The van der Waals surface area contributed by atoms with Gasteiger partial charge >= 0.3 is 0 Å². The average molecular weight is 164 g/mol. The van der Waals surface area contributed by atoms with Crippen LogP contribution in [0.1, 0.15) is 46.5 Å². The van der Waals surface area contributed by atoms with Gasteiger partial charge in [-0.1, -0.05) is 32.9 Å². The van der Waals surface area contributed by atoms with E-state index in [0.29, 0.717) is 10.8 Å². The summed E-state index contributed by atoms with van der Waals surface area (Å²) >= 11 is 0. The van der Waals surface area contributed by atoms with Crippen LogP contribution >= 0.6 is 0 Å². The van der Waals surface area contributed by atoms with Gasteiger partial charge in [0.2, 0.25) is 0 Å². The molecule has 0 radical (unpaired) electrons. The van der Waals surface area contributed by atoms with Crippen molar-refractivity contribution in [2.24, 2.45) is 16.7 Å². The number of hydrogen-bond acceptors (Lipinski definition) is 0. The van der Waals surface area contributed by atoms with Crippen molar-refractivity contribution in [1.29, 1.82) is 0 Å². The van der Waals surface area contributed by atoms with Crippen LogP contribution in [0.5, 0.6) is 0 Å². The smallest absolute Gasteiger partial charge is 0.00881 e. The highest BCUT2D eigenvalue weighted by atomic mass is 14.6. The third-order valence-corrected chi connectivity index (χ3v) is 4.91. The number of fused-ring (bicyclic) bond motifs is 2. The molecule has 68 valence electrons. The van der Waals surface area contributed by atoms with Crippen molar-refractivity contribution in [3.8, 4) is 0 Å². The third kappa shape index (κ3) is 0.694. The van der Waals surface area contributed by atoms with Crippen molar-refractivity contribution in [3.05, 3.63) is 12.2 Å². The largest absolute Gasteiger partial charge is 0.0990 e. The Labute approximate surface area is 76.1 Å². The van der Waals surface area contributed by atoms with Crippen LogP contribution in [0.25, 0.3) is 0 Å². The molecule has 2 atom stereocenters. The highest BCUT2D eigenvalue weighted by molar-refractivity contribution is 5.27. The van der Waals surface area contributed by atoms with Gasteiger partial charge in [-0.15, -0.1) is 0 Å². The second-order valence-corrected chi connectivity index (χ2v) is 5.22. The first-order chi connectivity index (χ1) is 5.53. The minimum Gasteiger partial charge on any atom is -0.0990 e. The minimum absolute atomic E-state index is 0.421. The molecular weight excluding hydrogens is 144 g/mol. The molecule has 0 saturated heterocycles. The van der Waals surface area contributed by atoms with Crippen LogP contribution in [0, 0.1) is 16.7 Å². The van der Waals surface area contributed by atoms with Gasteiger partial charge in [-0.3, -0.25) is 0 Å². The Morgan fingerprint density at radius 2 is 2.17 bits per heavy atom. The molecule has 2 rings (SSSR count). The molecule has 2 unspecified atom stereocenters. The molecule has 0 heteroatoms. The summed E-state index contributed by atoms with van der Waals surface area (Å²) in [6, 6.07) is 0. The summed E-state index contributed by atoms with van der Waals surface area (Å²) < 4.78 is 0. The summed E-state index contributed by atoms with van der Waals surface area (Å²) in [5.41, 5.74) is 2.58. The summed E-state index contributed by atoms with van der Waals surface area (Å²) in [6.07, 6.45) is 5.63. The van der Waals surface area contributed by atoms with E-state index in [-0.39, 0.29) is 0 Å². The molecule has 2 saturated carbocycles. The van der Waals surface area contributed by atoms with Gasteiger partial charge in [0.25, 0.3) is 0 Å². The van der Waals surface area contributed by atoms with Gasteiger partial charge in [0.05, 0.1) is 0 Å². The second-order valence-electron chi connectivity index (χ2n) is 5.22. The standard InChI is InChI=1S/C12H20/c1-5-12-7-6-10(8-12)9(2)11(12,3)4/h10H,2,5-8H2,1,3-4H3. The highest BCUT2D eigenvalue weighted by Crippen LogP contribution is 2.67. The lowest BCUT2D eigenvalue weighted by atomic mass is 9.62. The monoisotopic (exact) mass is 164 g/mol. The van der Waals surface area contributed by atoms with Gasteiger partial charge < -0.3 is 0 Å². The van der Waals surface area contributed by atoms with Crippen LogP contribution in [-0.2, 0) is 0 Å². The van der Waals surface area contributed by atoms with Gasteiger partial charge in [-0.25, -0.2) is 0 Å². The van der Waals surface area contributed by atoms with E-state index in [4.69, 9.17) is 0 Å². The van der Waals surface area contributed by atoms with Crippen LogP contribution in [0.3, 0.4) is 0 Å². The topological polar surface area (TPSA) is 0 Å². The Balaban J connectivity index is 2.41. The van der Waals surface area contributed by atoms with E-state index in [1.165, 1.54) is 31.3 Å². The molecule has 2 aliphatic rings. The molecule has 0 amide bonds. The van der Waals surface area contributed by atoms with Crippen LogP contribution in [0.2, 0.25) is 0 Å². The molecule has 2 fully saturated rings. The predicted molar refractivity (Wildman–Crippen MR) is 53.0 cm³/mol. The van der Waals surface area contributed by atoms with E-state index in [1.54, 1.807) is 0 Å². The molecule has 0 aromatic rings. The van der Waals surface area contributed by atoms with Gasteiger partial charge in [-0.05, 0) is 42.4 Å². The first-order valence-corrected chi connectivity index (χ1v) is 5.23. The van der Waals surface area contributed by atoms with E-state index in [9.17, 15) is 0 Å². The number of hydrogen-bond donors (Lipinski definition) is 0. The lowest BCUT2D eigenvalue weighted by Crippen LogP contribution is -2.33. The van der Waals surface area contributed by atoms with Crippen LogP contribution in [-0.4, -0.2) is 0 Å².